The summed E-state index contributed by atoms with van der Waals surface area (Å²) in [5, 5.41) is 3.12. The van der Waals surface area contributed by atoms with Crippen molar-refractivity contribution in [2.75, 3.05) is 32.8 Å². The van der Waals surface area contributed by atoms with Crippen molar-refractivity contribution in [3.05, 3.63) is 16.1 Å². The Bertz CT molecular complexity index is 468. The summed E-state index contributed by atoms with van der Waals surface area (Å²) < 4.78 is 5.46. The van der Waals surface area contributed by atoms with E-state index in [0.717, 1.165) is 49.7 Å². The maximum absolute atomic E-state index is 12.3. The Morgan fingerprint density at radius 2 is 2.09 bits per heavy atom. The van der Waals surface area contributed by atoms with Crippen molar-refractivity contribution in [1.82, 2.24) is 15.2 Å². The number of carbonyl (C=O) groups excluding carboxylic acids is 1. The third-order valence-electron chi connectivity index (χ3n) is 4.53. The molecule has 0 aromatic carbocycles. The zero-order chi connectivity index (χ0) is 15.9. The van der Waals surface area contributed by atoms with Gasteiger partial charge in [-0.2, -0.15) is 0 Å². The van der Waals surface area contributed by atoms with Gasteiger partial charge in [-0.3, -0.25) is 9.69 Å². The summed E-state index contributed by atoms with van der Waals surface area (Å²) in [6.45, 7) is 10.5. The van der Waals surface area contributed by atoms with Crippen LogP contribution in [0.3, 0.4) is 0 Å². The Kier molecular flexibility index (Phi) is 6.79. The third-order valence-corrected chi connectivity index (χ3v) is 5.46. The predicted octanol–water partition coefficient (Wildman–Crippen LogP) is 2.32. The molecule has 0 saturated carbocycles. The SMILES string of the molecule is CCC(CC)C(CNC(=O)c1scnc1C)N1CCOCC1. The molecule has 1 fully saturated rings. The van der Waals surface area contributed by atoms with Crippen LogP contribution in [-0.4, -0.2) is 54.7 Å². The summed E-state index contributed by atoms with van der Waals surface area (Å²) in [5.41, 5.74) is 2.54. The molecule has 0 bridgehead atoms. The molecule has 1 atom stereocenters. The minimum atomic E-state index is 0.00390. The first-order valence-corrected chi connectivity index (χ1v) is 9.05. The second-order valence-electron chi connectivity index (χ2n) is 5.77. The summed E-state index contributed by atoms with van der Waals surface area (Å²) >= 11 is 1.41. The highest BCUT2D eigenvalue weighted by atomic mass is 32.1. The van der Waals surface area contributed by atoms with Crippen LogP contribution in [0.1, 0.15) is 42.1 Å². The Morgan fingerprint density at radius 3 is 2.64 bits per heavy atom. The van der Waals surface area contributed by atoms with E-state index in [1.165, 1.54) is 11.3 Å². The number of amides is 1. The van der Waals surface area contributed by atoms with Crippen molar-refractivity contribution in [2.24, 2.45) is 5.92 Å². The van der Waals surface area contributed by atoms with E-state index in [1.54, 1.807) is 5.51 Å². The van der Waals surface area contributed by atoms with Gasteiger partial charge in [0.2, 0.25) is 0 Å². The first kappa shape index (κ1) is 17.4. The Hall–Kier alpha value is -0.980. The van der Waals surface area contributed by atoms with Crippen molar-refractivity contribution < 1.29 is 9.53 Å². The van der Waals surface area contributed by atoms with Crippen molar-refractivity contribution in [3.63, 3.8) is 0 Å². The van der Waals surface area contributed by atoms with Crippen LogP contribution in [0.15, 0.2) is 5.51 Å². The average Bonchev–Trinajstić information content (AvgIpc) is 2.98. The van der Waals surface area contributed by atoms with E-state index in [1.807, 2.05) is 6.92 Å². The summed E-state index contributed by atoms with van der Waals surface area (Å²) in [7, 11) is 0. The van der Waals surface area contributed by atoms with Gasteiger partial charge in [0, 0.05) is 25.7 Å². The standard InChI is InChI=1S/C16H27N3O2S/c1-4-13(5-2)14(19-6-8-21-9-7-19)10-17-16(20)15-12(3)18-11-22-15/h11,13-14H,4-10H2,1-3H3,(H,17,20). The van der Waals surface area contributed by atoms with E-state index in [0.29, 0.717) is 18.5 Å². The number of aryl methyl sites for hydroxylation is 1. The topological polar surface area (TPSA) is 54.5 Å². The maximum Gasteiger partial charge on any atom is 0.263 e. The number of ether oxygens (including phenoxy) is 1. The molecule has 0 aliphatic carbocycles. The van der Waals surface area contributed by atoms with Crippen molar-refractivity contribution >= 4 is 17.2 Å². The van der Waals surface area contributed by atoms with E-state index in [4.69, 9.17) is 4.74 Å². The van der Waals surface area contributed by atoms with Crippen LogP contribution >= 0.6 is 11.3 Å². The molecule has 0 radical (unpaired) electrons. The summed E-state index contributed by atoms with van der Waals surface area (Å²) in [4.78, 5) is 19.7. The first-order valence-electron chi connectivity index (χ1n) is 8.17. The minimum Gasteiger partial charge on any atom is -0.379 e. The summed E-state index contributed by atoms with van der Waals surface area (Å²) in [5.74, 6) is 0.602. The zero-order valence-electron chi connectivity index (χ0n) is 13.8. The Balaban J connectivity index is 1.99. The van der Waals surface area contributed by atoms with Gasteiger partial charge in [0.05, 0.1) is 24.4 Å². The normalized spacial score (nSPS) is 17.6. The number of nitrogens with one attached hydrogen (secondary N) is 1. The second kappa shape index (κ2) is 8.60. The van der Waals surface area contributed by atoms with Gasteiger partial charge in [-0.1, -0.05) is 26.7 Å². The van der Waals surface area contributed by atoms with Crippen LogP contribution in [0.4, 0.5) is 0 Å². The van der Waals surface area contributed by atoms with Gasteiger partial charge in [0.25, 0.3) is 5.91 Å². The fourth-order valence-electron chi connectivity index (χ4n) is 3.13. The number of thiazole rings is 1. The van der Waals surface area contributed by atoms with E-state index >= 15 is 0 Å². The fraction of sp³-hybridized carbons (Fsp3) is 0.750. The van der Waals surface area contributed by atoms with Crippen LogP contribution in [0, 0.1) is 12.8 Å². The molecular formula is C16H27N3O2S. The lowest BCUT2D eigenvalue weighted by molar-refractivity contribution is 0.00192. The molecule has 22 heavy (non-hydrogen) atoms. The van der Waals surface area contributed by atoms with E-state index in [9.17, 15) is 4.79 Å². The van der Waals surface area contributed by atoms with Crippen LogP contribution in [0.2, 0.25) is 0 Å². The monoisotopic (exact) mass is 325 g/mol. The van der Waals surface area contributed by atoms with Crippen LogP contribution < -0.4 is 5.32 Å². The number of aromatic nitrogens is 1. The molecule has 5 nitrogen and oxygen atoms in total. The molecule has 1 N–H and O–H groups in total. The molecule has 1 aliphatic rings. The number of rotatable bonds is 7. The lowest BCUT2D eigenvalue weighted by Crippen LogP contribution is -2.52. The molecule has 1 saturated heterocycles. The molecule has 1 aliphatic heterocycles. The number of morpholine rings is 1. The van der Waals surface area contributed by atoms with Gasteiger partial charge < -0.3 is 10.1 Å². The second-order valence-corrected chi connectivity index (χ2v) is 6.62. The highest BCUT2D eigenvalue weighted by molar-refractivity contribution is 7.11. The molecule has 0 spiro atoms. The number of hydrogen-bond acceptors (Lipinski definition) is 5. The Morgan fingerprint density at radius 1 is 1.41 bits per heavy atom. The molecule has 1 aromatic rings. The van der Waals surface area contributed by atoms with Gasteiger partial charge in [0.1, 0.15) is 4.88 Å². The summed E-state index contributed by atoms with van der Waals surface area (Å²) in [6.07, 6.45) is 2.27. The first-order chi connectivity index (χ1) is 10.7. The van der Waals surface area contributed by atoms with Crippen LogP contribution in [0.25, 0.3) is 0 Å². The number of hydrogen-bond donors (Lipinski definition) is 1. The predicted molar refractivity (Wildman–Crippen MR) is 89.4 cm³/mol. The molecule has 2 rings (SSSR count). The van der Waals surface area contributed by atoms with Gasteiger partial charge in [0.15, 0.2) is 0 Å². The Labute approximate surface area is 137 Å². The molecule has 1 amide bonds. The third kappa shape index (κ3) is 4.27. The van der Waals surface area contributed by atoms with E-state index < -0.39 is 0 Å². The number of carbonyl (C=O) groups is 1. The molecule has 124 valence electrons. The smallest absolute Gasteiger partial charge is 0.263 e. The van der Waals surface area contributed by atoms with Crippen LogP contribution in [-0.2, 0) is 4.74 Å². The van der Waals surface area contributed by atoms with Crippen LogP contribution in [0.5, 0.6) is 0 Å². The van der Waals surface area contributed by atoms with Crippen molar-refractivity contribution in [2.45, 2.75) is 39.7 Å². The largest absolute Gasteiger partial charge is 0.379 e. The van der Waals surface area contributed by atoms with E-state index in [-0.39, 0.29) is 5.91 Å². The van der Waals surface area contributed by atoms with Gasteiger partial charge in [-0.15, -0.1) is 11.3 Å². The highest BCUT2D eigenvalue weighted by Gasteiger charge is 2.27. The number of nitrogens with zero attached hydrogens (tertiary/aromatic N) is 2. The molecular weight excluding hydrogens is 298 g/mol. The zero-order valence-corrected chi connectivity index (χ0v) is 14.6. The van der Waals surface area contributed by atoms with Crippen molar-refractivity contribution in [3.8, 4) is 0 Å². The quantitative estimate of drug-likeness (QED) is 0.836. The average molecular weight is 325 g/mol. The highest BCUT2D eigenvalue weighted by Crippen LogP contribution is 2.20. The molecule has 1 aromatic heterocycles. The van der Waals surface area contributed by atoms with E-state index in [2.05, 4.69) is 29.0 Å². The lowest BCUT2D eigenvalue weighted by Gasteiger charge is -2.38. The van der Waals surface area contributed by atoms with Gasteiger partial charge in [-0.25, -0.2) is 4.98 Å². The molecule has 2 heterocycles. The minimum absolute atomic E-state index is 0.00390. The van der Waals surface area contributed by atoms with Gasteiger partial charge >= 0.3 is 0 Å². The summed E-state index contributed by atoms with van der Waals surface area (Å²) in [6, 6.07) is 0.385. The van der Waals surface area contributed by atoms with Gasteiger partial charge in [-0.05, 0) is 12.8 Å². The van der Waals surface area contributed by atoms with Crippen molar-refractivity contribution in [1.29, 1.82) is 0 Å². The molecule has 1 unspecified atom stereocenters. The lowest BCUT2D eigenvalue weighted by atomic mass is 9.92. The molecule has 6 heteroatoms. The maximum atomic E-state index is 12.3. The fourth-order valence-corrected chi connectivity index (χ4v) is 3.85.